The van der Waals surface area contributed by atoms with Crippen LogP contribution >= 0.6 is 0 Å². The molecule has 1 aliphatic carbocycles. The Morgan fingerprint density at radius 3 is 2.96 bits per heavy atom. The predicted octanol–water partition coefficient (Wildman–Crippen LogP) is 3.36. The van der Waals surface area contributed by atoms with Crippen LogP contribution in [-0.2, 0) is 0 Å². The van der Waals surface area contributed by atoms with Crippen molar-refractivity contribution in [2.75, 3.05) is 19.6 Å². The Bertz CT molecular complexity index is 551. The minimum absolute atomic E-state index is 0.0970. The summed E-state index contributed by atoms with van der Waals surface area (Å²) in [5.74, 6) is 0.634. The van der Waals surface area contributed by atoms with Gasteiger partial charge in [0, 0.05) is 25.8 Å². The van der Waals surface area contributed by atoms with Crippen LogP contribution < -0.4 is 5.32 Å². The van der Waals surface area contributed by atoms with Crippen molar-refractivity contribution in [1.29, 1.82) is 0 Å². The van der Waals surface area contributed by atoms with E-state index in [0.717, 1.165) is 26.1 Å². The zero-order valence-corrected chi connectivity index (χ0v) is 14.7. The fourth-order valence-corrected chi connectivity index (χ4v) is 4.15. The number of carbonyl (C=O) groups excluding carboxylic acids is 1. The first-order valence-electron chi connectivity index (χ1n) is 8.96. The van der Waals surface area contributed by atoms with Gasteiger partial charge in [-0.2, -0.15) is 5.10 Å². The number of likely N-dealkylation sites (tertiary alicyclic amines) is 1. The quantitative estimate of drug-likeness (QED) is 0.929. The molecule has 3 rings (SSSR count). The van der Waals surface area contributed by atoms with Crippen LogP contribution in [0.3, 0.4) is 0 Å². The van der Waals surface area contributed by atoms with E-state index in [2.05, 4.69) is 37.4 Å². The number of aromatic nitrogens is 2. The number of nitrogens with zero attached hydrogens (tertiary/aromatic N) is 3. The molecule has 1 saturated heterocycles. The second kappa shape index (κ2) is 6.54. The van der Waals surface area contributed by atoms with Crippen LogP contribution in [-0.4, -0.2) is 40.3 Å². The molecule has 23 heavy (non-hydrogen) atoms. The van der Waals surface area contributed by atoms with Gasteiger partial charge in [-0.05, 0) is 49.5 Å². The molecule has 2 atom stereocenters. The SMILES string of the molecule is Cc1cnn(C2CCN(C(=O)NCC3CCCC(C)(C)C3)C2)c1. The van der Waals surface area contributed by atoms with Gasteiger partial charge in [0.1, 0.15) is 0 Å². The maximum Gasteiger partial charge on any atom is 0.317 e. The van der Waals surface area contributed by atoms with E-state index < -0.39 is 0 Å². The lowest BCUT2D eigenvalue weighted by Crippen LogP contribution is -2.42. The molecule has 1 N–H and O–H groups in total. The lowest BCUT2D eigenvalue weighted by atomic mass is 9.72. The molecule has 2 fully saturated rings. The Kier molecular flexibility index (Phi) is 4.64. The van der Waals surface area contributed by atoms with Crippen LogP contribution in [0.5, 0.6) is 0 Å². The minimum atomic E-state index is 0.0970. The third-order valence-corrected chi connectivity index (χ3v) is 5.40. The van der Waals surface area contributed by atoms with Crippen molar-refractivity contribution >= 4 is 6.03 Å². The molecule has 0 radical (unpaired) electrons. The largest absolute Gasteiger partial charge is 0.338 e. The zero-order valence-electron chi connectivity index (χ0n) is 14.7. The molecule has 5 heteroatoms. The van der Waals surface area contributed by atoms with E-state index >= 15 is 0 Å². The molecule has 0 spiro atoms. The highest BCUT2D eigenvalue weighted by Gasteiger charge is 2.30. The summed E-state index contributed by atoms with van der Waals surface area (Å²) < 4.78 is 2.01. The van der Waals surface area contributed by atoms with Gasteiger partial charge >= 0.3 is 6.03 Å². The van der Waals surface area contributed by atoms with E-state index in [1.54, 1.807) is 0 Å². The second-order valence-electron chi connectivity index (χ2n) is 8.20. The van der Waals surface area contributed by atoms with E-state index in [0.29, 0.717) is 17.4 Å². The average Bonchev–Trinajstić information content (AvgIpc) is 3.12. The van der Waals surface area contributed by atoms with Crippen molar-refractivity contribution in [3.8, 4) is 0 Å². The lowest BCUT2D eigenvalue weighted by molar-refractivity contribution is 0.170. The van der Waals surface area contributed by atoms with Gasteiger partial charge in [0.05, 0.1) is 12.2 Å². The van der Waals surface area contributed by atoms with Crippen molar-refractivity contribution in [1.82, 2.24) is 20.0 Å². The van der Waals surface area contributed by atoms with Crippen molar-refractivity contribution in [2.45, 2.75) is 58.9 Å². The highest BCUT2D eigenvalue weighted by Crippen LogP contribution is 2.38. The number of amides is 2. The highest BCUT2D eigenvalue weighted by molar-refractivity contribution is 5.74. The number of nitrogens with one attached hydrogen (secondary N) is 1. The van der Waals surface area contributed by atoms with Crippen LogP contribution in [0.2, 0.25) is 0 Å². The molecular weight excluding hydrogens is 288 g/mol. The fraction of sp³-hybridized carbons (Fsp3) is 0.778. The molecule has 0 aromatic carbocycles. The maximum absolute atomic E-state index is 12.4. The van der Waals surface area contributed by atoms with E-state index in [4.69, 9.17) is 0 Å². The third-order valence-electron chi connectivity index (χ3n) is 5.40. The summed E-state index contributed by atoms with van der Waals surface area (Å²) in [7, 11) is 0. The number of carbonyl (C=O) groups is 1. The highest BCUT2D eigenvalue weighted by atomic mass is 16.2. The Labute approximate surface area is 139 Å². The lowest BCUT2D eigenvalue weighted by Gasteiger charge is -2.35. The summed E-state index contributed by atoms with van der Waals surface area (Å²) in [5.41, 5.74) is 1.61. The first-order chi connectivity index (χ1) is 10.9. The molecule has 2 unspecified atom stereocenters. The standard InChI is InChI=1S/C18H30N4O/c1-14-10-20-22(12-14)16-6-8-21(13-16)17(23)19-11-15-5-4-7-18(2,3)9-15/h10,12,15-16H,4-9,11,13H2,1-3H3,(H,19,23). The summed E-state index contributed by atoms with van der Waals surface area (Å²) in [6, 6.07) is 0.419. The van der Waals surface area contributed by atoms with E-state index in [9.17, 15) is 4.79 Å². The van der Waals surface area contributed by atoms with Crippen LogP contribution in [0.4, 0.5) is 4.79 Å². The number of urea groups is 1. The first kappa shape index (κ1) is 16.3. The van der Waals surface area contributed by atoms with Crippen LogP contribution in [0.25, 0.3) is 0 Å². The monoisotopic (exact) mass is 318 g/mol. The summed E-state index contributed by atoms with van der Waals surface area (Å²) in [6.45, 7) is 9.16. The molecular formula is C18H30N4O. The summed E-state index contributed by atoms with van der Waals surface area (Å²) in [6.07, 6.45) is 10.0. The number of hydrogen-bond donors (Lipinski definition) is 1. The van der Waals surface area contributed by atoms with Gasteiger partial charge in [-0.15, -0.1) is 0 Å². The predicted molar refractivity (Wildman–Crippen MR) is 91.3 cm³/mol. The normalized spacial score (nSPS) is 27.2. The molecule has 5 nitrogen and oxygen atoms in total. The molecule has 128 valence electrons. The van der Waals surface area contributed by atoms with Gasteiger partial charge in [0.25, 0.3) is 0 Å². The Morgan fingerprint density at radius 1 is 1.43 bits per heavy atom. The van der Waals surface area contributed by atoms with E-state index in [1.807, 2.05) is 15.8 Å². The Hall–Kier alpha value is -1.52. The smallest absolute Gasteiger partial charge is 0.317 e. The number of rotatable bonds is 3. The van der Waals surface area contributed by atoms with Gasteiger partial charge in [0.2, 0.25) is 0 Å². The first-order valence-corrected chi connectivity index (χ1v) is 8.96. The summed E-state index contributed by atoms with van der Waals surface area (Å²) >= 11 is 0. The van der Waals surface area contributed by atoms with Gasteiger partial charge in [-0.25, -0.2) is 4.79 Å². The molecule has 2 heterocycles. The fourth-order valence-electron chi connectivity index (χ4n) is 4.15. The Morgan fingerprint density at radius 2 is 2.26 bits per heavy atom. The van der Waals surface area contributed by atoms with Crippen LogP contribution in [0, 0.1) is 18.3 Å². The molecule has 1 aliphatic heterocycles. The zero-order chi connectivity index (χ0) is 16.4. The number of hydrogen-bond acceptors (Lipinski definition) is 2. The molecule has 1 aromatic rings. The van der Waals surface area contributed by atoms with E-state index in [1.165, 1.54) is 31.2 Å². The average molecular weight is 318 g/mol. The summed E-state index contributed by atoms with van der Waals surface area (Å²) in [4.78, 5) is 14.4. The third kappa shape index (κ3) is 4.06. The van der Waals surface area contributed by atoms with Crippen molar-refractivity contribution in [2.24, 2.45) is 11.3 Å². The van der Waals surface area contributed by atoms with Crippen LogP contribution in [0.15, 0.2) is 12.4 Å². The molecule has 1 saturated carbocycles. The molecule has 1 aromatic heterocycles. The van der Waals surface area contributed by atoms with Gasteiger partial charge < -0.3 is 10.2 Å². The minimum Gasteiger partial charge on any atom is -0.338 e. The number of aryl methyl sites for hydroxylation is 1. The van der Waals surface area contributed by atoms with E-state index in [-0.39, 0.29) is 6.03 Å². The molecule has 2 aliphatic rings. The maximum atomic E-state index is 12.4. The van der Waals surface area contributed by atoms with Gasteiger partial charge in [-0.1, -0.05) is 20.3 Å². The van der Waals surface area contributed by atoms with Gasteiger partial charge in [0.15, 0.2) is 0 Å². The molecule has 2 amide bonds. The summed E-state index contributed by atoms with van der Waals surface area (Å²) in [5, 5.41) is 7.55. The van der Waals surface area contributed by atoms with Crippen molar-refractivity contribution < 1.29 is 4.79 Å². The van der Waals surface area contributed by atoms with Crippen LogP contribution in [0.1, 0.15) is 57.6 Å². The van der Waals surface area contributed by atoms with Gasteiger partial charge in [-0.3, -0.25) is 4.68 Å². The Balaban J connectivity index is 1.46. The second-order valence-corrected chi connectivity index (χ2v) is 8.20. The molecule has 0 bridgehead atoms. The topological polar surface area (TPSA) is 50.2 Å². The van der Waals surface area contributed by atoms with Crippen molar-refractivity contribution in [3.63, 3.8) is 0 Å². The van der Waals surface area contributed by atoms with Crippen molar-refractivity contribution in [3.05, 3.63) is 18.0 Å².